The van der Waals surface area contributed by atoms with Crippen LogP contribution in [0.1, 0.15) is 12.6 Å². The molecule has 0 saturated carbocycles. The molecule has 0 bridgehead atoms. The summed E-state index contributed by atoms with van der Waals surface area (Å²) in [5.74, 6) is 4.40. The summed E-state index contributed by atoms with van der Waals surface area (Å²) in [6.45, 7) is 2.35. The minimum atomic E-state index is -0.514. The Morgan fingerprint density at radius 1 is 1.67 bits per heavy atom. The molecule has 21 heavy (non-hydrogen) atoms. The summed E-state index contributed by atoms with van der Waals surface area (Å²) in [5, 5.41) is 16.4. The van der Waals surface area contributed by atoms with Gasteiger partial charge in [0.1, 0.15) is 0 Å². The molecule has 1 unspecified atom stereocenters. The SMILES string of the molecule is C#CC(C)N/C(=C/[N+](=O)[O-])NCCSCc1ccccn1. The molecule has 0 spiro atoms. The minimum Gasteiger partial charge on any atom is -0.366 e. The number of nitrogens with zero attached hydrogens (tertiary/aromatic N) is 2. The number of terminal acetylenes is 1. The summed E-state index contributed by atoms with van der Waals surface area (Å²) in [4.78, 5) is 14.2. The van der Waals surface area contributed by atoms with E-state index >= 15 is 0 Å². The van der Waals surface area contributed by atoms with Crippen molar-refractivity contribution in [3.05, 3.63) is 52.2 Å². The van der Waals surface area contributed by atoms with Crippen LogP contribution >= 0.6 is 11.8 Å². The fourth-order valence-corrected chi connectivity index (χ4v) is 2.20. The lowest BCUT2D eigenvalue weighted by molar-refractivity contribution is -0.404. The Morgan fingerprint density at radius 3 is 3.10 bits per heavy atom. The van der Waals surface area contributed by atoms with Crippen LogP contribution in [0.3, 0.4) is 0 Å². The molecule has 0 aromatic carbocycles. The Kier molecular flexibility index (Phi) is 7.76. The summed E-state index contributed by atoms with van der Waals surface area (Å²) in [6, 6.07) is 5.52. The van der Waals surface area contributed by atoms with Crippen molar-refractivity contribution >= 4 is 11.8 Å². The molecule has 0 aliphatic heterocycles. The summed E-state index contributed by atoms with van der Waals surface area (Å²) < 4.78 is 0. The van der Waals surface area contributed by atoms with Crippen molar-refractivity contribution in [2.75, 3.05) is 12.3 Å². The van der Waals surface area contributed by atoms with E-state index in [0.29, 0.717) is 12.4 Å². The van der Waals surface area contributed by atoms with Gasteiger partial charge in [-0.25, -0.2) is 0 Å². The maximum atomic E-state index is 10.5. The largest absolute Gasteiger partial charge is 0.366 e. The molecule has 7 heteroatoms. The van der Waals surface area contributed by atoms with E-state index in [-0.39, 0.29) is 6.04 Å². The Morgan fingerprint density at radius 2 is 2.48 bits per heavy atom. The van der Waals surface area contributed by atoms with E-state index in [4.69, 9.17) is 6.42 Å². The first kappa shape index (κ1) is 16.9. The van der Waals surface area contributed by atoms with Gasteiger partial charge in [-0.1, -0.05) is 12.0 Å². The molecule has 1 heterocycles. The molecule has 0 fully saturated rings. The first-order chi connectivity index (χ1) is 10.1. The highest BCUT2D eigenvalue weighted by Crippen LogP contribution is 2.08. The van der Waals surface area contributed by atoms with Crippen LogP contribution in [0.2, 0.25) is 0 Å². The highest BCUT2D eigenvalue weighted by Gasteiger charge is 2.05. The van der Waals surface area contributed by atoms with Gasteiger partial charge in [-0.15, -0.1) is 6.42 Å². The smallest absolute Gasteiger partial charge is 0.274 e. The van der Waals surface area contributed by atoms with E-state index in [0.717, 1.165) is 23.4 Å². The number of rotatable bonds is 9. The van der Waals surface area contributed by atoms with Crippen LogP contribution in [0.5, 0.6) is 0 Å². The van der Waals surface area contributed by atoms with Gasteiger partial charge in [0, 0.05) is 24.2 Å². The normalized spacial score (nSPS) is 12.3. The molecule has 0 amide bonds. The summed E-state index contributed by atoms with van der Waals surface area (Å²) in [5.41, 5.74) is 1.02. The van der Waals surface area contributed by atoms with Crippen molar-refractivity contribution < 1.29 is 4.92 Å². The standard InChI is InChI=1S/C14H18N4O2S/c1-3-12(2)17-14(10-18(19)20)16-8-9-21-11-13-6-4-5-7-15-13/h1,4-7,10,12,16-17H,8-9,11H2,2H3/b14-10+. The Hall–Kier alpha value is -2.20. The van der Waals surface area contributed by atoms with Gasteiger partial charge >= 0.3 is 0 Å². The number of nitrogens with one attached hydrogen (secondary N) is 2. The van der Waals surface area contributed by atoms with Crippen molar-refractivity contribution in [3.63, 3.8) is 0 Å². The second kappa shape index (κ2) is 9.66. The van der Waals surface area contributed by atoms with Gasteiger partial charge in [-0.2, -0.15) is 11.8 Å². The molecular formula is C14H18N4O2S. The first-order valence-electron chi connectivity index (χ1n) is 6.41. The lowest BCUT2D eigenvalue weighted by Gasteiger charge is -2.13. The van der Waals surface area contributed by atoms with Crippen LogP contribution in [0.25, 0.3) is 0 Å². The molecular weight excluding hydrogens is 288 g/mol. The molecule has 1 aromatic heterocycles. The summed E-state index contributed by atoms with van der Waals surface area (Å²) >= 11 is 1.70. The molecule has 0 saturated heterocycles. The number of aromatic nitrogens is 1. The summed E-state index contributed by atoms with van der Waals surface area (Å²) in [6.07, 6.45) is 7.89. The Balaban J connectivity index is 2.30. The third-order valence-electron chi connectivity index (χ3n) is 2.39. The predicted molar refractivity (Wildman–Crippen MR) is 84.9 cm³/mol. The van der Waals surface area contributed by atoms with Crippen molar-refractivity contribution in [1.29, 1.82) is 0 Å². The second-order valence-corrected chi connectivity index (χ2v) is 5.27. The van der Waals surface area contributed by atoms with Crippen LogP contribution in [-0.4, -0.2) is 28.2 Å². The van der Waals surface area contributed by atoms with Crippen molar-refractivity contribution in [1.82, 2.24) is 15.6 Å². The topological polar surface area (TPSA) is 80.1 Å². The monoisotopic (exact) mass is 306 g/mol. The fraction of sp³-hybridized carbons (Fsp3) is 0.357. The van der Waals surface area contributed by atoms with Crippen molar-refractivity contribution in [2.45, 2.75) is 18.7 Å². The van der Waals surface area contributed by atoms with Crippen molar-refractivity contribution in [2.24, 2.45) is 0 Å². The zero-order chi connectivity index (χ0) is 15.5. The summed E-state index contributed by atoms with van der Waals surface area (Å²) in [7, 11) is 0. The Bertz CT molecular complexity index is 513. The van der Waals surface area contributed by atoms with E-state index in [1.54, 1.807) is 24.9 Å². The van der Waals surface area contributed by atoms with Crippen LogP contribution in [0, 0.1) is 22.5 Å². The second-order valence-electron chi connectivity index (χ2n) is 4.16. The van der Waals surface area contributed by atoms with Crippen LogP contribution in [0.15, 0.2) is 36.4 Å². The molecule has 1 rings (SSSR count). The zero-order valence-corrected chi connectivity index (χ0v) is 12.6. The zero-order valence-electron chi connectivity index (χ0n) is 11.8. The molecule has 1 aromatic rings. The molecule has 0 aliphatic carbocycles. The minimum absolute atomic E-state index is 0.273. The lowest BCUT2D eigenvalue weighted by atomic mass is 10.3. The van der Waals surface area contributed by atoms with Gasteiger partial charge in [-0.05, 0) is 19.1 Å². The van der Waals surface area contributed by atoms with Gasteiger partial charge in [0.25, 0.3) is 6.20 Å². The molecule has 6 nitrogen and oxygen atoms in total. The maximum absolute atomic E-state index is 10.5. The van der Waals surface area contributed by atoms with Crippen LogP contribution in [0.4, 0.5) is 0 Å². The van der Waals surface area contributed by atoms with Crippen LogP contribution < -0.4 is 10.6 Å². The quantitative estimate of drug-likeness (QED) is 0.312. The van der Waals surface area contributed by atoms with E-state index in [2.05, 4.69) is 21.5 Å². The van der Waals surface area contributed by atoms with Gasteiger partial charge < -0.3 is 10.6 Å². The maximum Gasteiger partial charge on any atom is 0.274 e. The molecule has 112 valence electrons. The average molecular weight is 306 g/mol. The van der Waals surface area contributed by atoms with Gasteiger partial charge in [-0.3, -0.25) is 15.1 Å². The number of hydrogen-bond donors (Lipinski definition) is 2. The first-order valence-corrected chi connectivity index (χ1v) is 7.57. The highest BCUT2D eigenvalue weighted by molar-refractivity contribution is 7.98. The number of pyridine rings is 1. The van der Waals surface area contributed by atoms with E-state index in [1.807, 2.05) is 18.2 Å². The number of nitro groups is 1. The van der Waals surface area contributed by atoms with E-state index in [9.17, 15) is 10.1 Å². The van der Waals surface area contributed by atoms with Gasteiger partial charge in [0.05, 0.1) is 16.7 Å². The third kappa shape index (κ3) is 7.84. The lowest BCUT2D eigenvalue weighted by Crippen LogP contribution is -2.34. The molecule has 1 atom stereocenters. The van der Waals surface area contributed by atoms with Gasteiger partial charge in [0.15, 0.2) is 5.82 Å². The molecule has 0 aliphatic rings. The number of thioether (sulfide) groups is 1. The number of hydrogen-bond acceptors (Lipinski definition) is 6. The fourth-order valence-electron chi connectivity index (χ4n) is 1.43. The van der Waals surface area contributed by atoms with E-state index in [1.165, 1.54) is 0 Å². The third-order valence-corrected chi connectivity index (χ3v) is 3.39. The van der Waals surface area contributed by atoms with E-state index < -0.39 is 4.92 Å². The van der Waals surface area contributed by atoms with Gasteiger partial charge in [0.2, 0.25) is 0 Å². The van der Waals surface area contributed by atoms with Crippen molar-refractivity contribution in [3.8, 4) is 12.3 Å². The predicted octanol–water partition coefficient (Wildman–Crippen LogP) is 1.59. The average Bonchev–Trinajstić information content (AvgIpc) is 2.47. The molecule has 0 radical (unpaired) electrons. The molecule has 2 N–H and O–H groups in total. The Labute approximate surface area is 128 Å². The highest BCUT2D eigenvalue weighted by atomic mass is 32.2. The van der Waals surface area contributed by atoms with Crippen LogP contribution in [-0.2, 0) is 5.75 Å².